The molecule has 0 spiro atoms. The van der Waals surface area contributed by atoms with Gasteiger partial charge in [0.15, 0.2) is 11.5 Å². The van der Waals surface area contributed by atoms with Crippen LogP contribution in [-0.2, 0) is 21.2 Å². The Morgan fingerprint density at radius 2 is 1.72 bits per heavy atom. The second kappa shape index (κ2) is 10.1. The standard InChI is InChI=1S/C20H25FN2O5S/c1-27-18-11-6-15(13-19(18)28-2)5-4-12-22-20(24)14-23(29(3,25)26)17-9-7-16(21)8-10-17/h6-11,13H,4-5,12,14H2,1-3H3,(H,22,24). The van der Waals surface area contributed by atoms with Crippen LogP contribution in [0.25, 0.3) is 0 Å². The van der Waals surface area contributed by atoms with Crippen molar-refractivity contribution in [1.82, 2.24) is 5.32 Å². The molecule has 0 atom stereocenters. The Morgan fingerprint density at radius 1 is 1.07 bits per heavy atom. The van der Waals surface area contributed by atoms with E-state index in [-0.39, 0.29) is 12.2 Å². The number of methoxy groups -OCH3 is 2. The largest absolute Gasteiger partial charge is 0.493 e. The van der Waals surface area contributed by atoms with Gasteiger partial charge in [-0.1, -0.05) is 6.07 Å². The number of amides is 1. The van der Waals surface area contributed by atoms with E-state index in [1.807, 2.05) is 18.2 Å². The van der Waals surface area contributed by atoms with Crippen molar-refractivity contribution in [3.63, 3.8) is 0 Å². The fourth-order valence-electron chi connectivity index (χ4n) is 2.75. The lowest BCUT2D eigenvalue weighted by molar-refractivity contribution is -0.119. The summed E-state index contributed by atoms with van der Waals surface area (Å²) in [5, 5.41) is 2.71. The van der Waals surface area contributed by atoms with Crippen molar-refractivity contribution in [1.29, 1.82) is 0 Å². The summed E-state index contributed by atoms with van der Waals surface area (Å²) >= 11 is 0. The summed E-state index contributed by atoms with van der Waals surface area (Å²) in [4.78, 5) is 12.2. The van der Waals surface area contributed by atoms with Gasteiger partial charge < -0.3 is 14.8 Å². The number of carbonyl (C=O) groups is 1. The zero-order chi connectivity index (χ0) is 21.4. The highest BCUT2D eigenvalue weighted by atomic mass is 32.2. The third kappa shape index (κ3) is 6.63. The van der Waals surface area contributed by atoms with E-state index in [1.54, 1.807) is 14.2 Å². The molecule has 2 aromatic carbocycles. The van der Waals surface area contributed by atoms with Gasteiger partial charge >= 0.3 is 0 Å². The zero-order valence-corrected chi connectivity index (χ0v) is 17.5. The summed E-state index contributed by atoms with van der Waals surface area (Å²) in [5.74, 6) is 0.359. The molecule has 29 heavy (non-hydrogen) atoms. The van der Waals surface area contributed by atoms with Gasteiger partial charge in [-0.05, 0) is 54.8 Å². The second-order valence-corrected chi connectivity index (χ2v) is 8.30. The van der Waals surface area contributed by atoms with Crippen molar-refractivity contribution in [3.05, 3.63) is 53.8 Å². The number of halogens is 1. The number of anilines is 1. The Bertz CT molecular complexity index is 932. The van der Waals surface area contributed by atoms with E-state index >= 15 is 0 Å². The van der Waals surface area contributed by atoms with Crippen LogP contribution in [0.2, 0.25) is 0 Å². The van der Waals surface area contributed by atoms with Crippen LogP contribution in [-0.4, -0.2) is 47.9 Å². The molecule has 9 heteroatoms. The normalized spacial score (nSPS) is 11.0. The van der Waals surface area contributed by atoms with Crippen molar-refractivity contribution in [3.8, 4) is 11.5 Å². The number of ether oxygens (including phenoxy) is 2. The lowest BCUT2D eigenvalue weighted by atomic mass is 10.1. The maximum atomic E-state index is 13.1. The first-order chi connectivity index (χ1) is 13.7. The van der Waals surface area contributed by atoms with Gasteiger partial charge in [0.05, 0.1) is 26.2 Å². The molecule has 2 aromatic rings. The number of sulfonamides is 1. The van der Waals surface area contributed by atoms with Gasteiger partial charge in [0.1, 0.15) is 12.4 Å². The predicted molar refractivity (Wildman–Crippen MR) is 109 cm³/mol. The smallest absolute Gasteiger partial charge is 0.240 e. The highest BCUT2D eigenvalue weighted by molar-refractivity contribution is 7.92. The maximum Gasteiger partial charge on any atom is 0.240 e. The quantitative estimate of drug-likeness (QED) is 0.592. The van der Waals surface area contributed by atoms with Gasteiger partial charge in [0, 0.05) is 6.54 Å². The zero-order valence-electron chi connectivity index (χ0n) is 16.6. The summed E-state index contributed by atoms with van der Waals surface area (Å²) in [6, 6.07) is 10.5. The summed E-state index contributed by atoms with van der Waals surface area (Å²) in [7, 11) is -0.555. The number of hydrogen-bond donors (Lipinski definition) is 1. The number of nitrogens with zero attached hydrogens (tertiary/aromatic N) is 1. The number of benzene rings is 2. The number of aryl methyl sites for hydroxylation is 1. The molecule has 0 unspecified atom stereocenters. The van der Waals surface area contributed by atoms with E-state index in [9.17, 15) is 17.6 Å². The molecule has 158 valence electrons. The average molecular weight is 424 g/mol. The van der Waals surface area contributed by atoms with Crippen LogP contribution in [0.3, 0.4) is 0 Å². The third-order valence-corrected chi connectivity index (χ3v) is 5.36. The minimum absolute atomic E-state index is 0.231. The van der Waals surface area contributed by atoms with Crippen LogP contribution in [0, 0.1) is 5.82 Å². The molecule has 0 saturated heterocycles. The number of carbonyl (C=O) groups excluding carboxylic acids is 1. The second-order valence-electron chi connectivity index (χ2n) is 6.39. The monoisotopic (exact) mass is 424 g/mol. The fourth-order valence-corrected chi connectivity index (χ4v) is 3.61. The number of hydrogen-bond acceptors (Lipinski definition) is 5. The van der Waals surface area contributed by atoms with E-state index in [0.29, 0.717) is 30.9 Å². The lowest BCUT2D eigenvalue weighted by Crippen LogP contribution is -2.40. The van der Waals surface area contributed by atoms with Gasteiger partial charge in [-0.15, -0.1) is 0 Å². The Labute approximate surface area is 170 Å². The van der Waals surface area contributed by atoms with Crippen molar-refractivity contribution in [2.24, 2.45) is 0 Å². The maximum absolute atomic E-state index is 13.1. The molecule has 0 aliphatic rings. The highest BCUT2D eigenvalue weighted by Crippen LogP contribution is 2.27. The topological polar surface area (TPSA) is 84.9 Å². The third-order valence-electron chi connectivity index (χ3n) is 4.21. The number of rotatable bonds is 10. The lowest BCUT2D eigenvalue weighted by Gasteiger charge is -2.21. The molecule has 2 rings (SSSR count). The molecule has 0 bridgehead atoms. The van der Waals surface area contributed by atoms with Crippen LogP contribution < -0.4 is 19.1 Å². The van der Waals surface area contributed by atoms with E-state index in [2.05, 4.69) is 5.32 Å². The SMILES string of the molecule is COc1ccc(CCCNC(=O)CN(c2ccc(F)cc2)S(C)(=O)=O)cc1OC. The first kappa shape index (κ1) is 22.5. The molecule has 0 aliphatic heterocycles. The Kier molecular flexibility index (Phi) is 7.83. The molecule has 0 radical (unpaired) electrons. The van der Waals surface area contributed by atoms with Crippen molar-refractivity contribution < 1.29 is 27.1 Å². The summed E-state index contributed by atoms with van der Waals surface area (Å²) in [6.45, 7) is 0.00895. The van der Waals surface area contributed by atoms with Gasteiger partial charge in [-0.2, -0.15) is 0 Å². The van der Waals surface area contributed by atoms with E-state index in [0.717, 1.165) is 28.3 Å². The van der Waals surface area contributed by atoms with Gasteiger partial charge in [-0.3, -0.25) is 9.10 Å². The van der Waals surface area contributed by atoms with Crippen molar-refractivity contribution in [2.45, 2.75) is 12.8 Å². The molecule has 0 fully saturated rings. The Morgan fingerprint density at radius 3 is 2.31 bits per heavy atom. The van der Waals surface area contributed by atoms with Crippen LogP contribution in [0.5, 0.6) is 11.5 Å². The summed E-state index contributed by atoms with van der Waals surface area (Å²) < 4.78 is 48.5. The first-order valence-electron chi connectivity index (χ1n) is 8.95. The van der Waals surface area contributed by atoms with Crippen LogP contribution in [0.15, 0.2) is 42.5 Å². The van der Waals surface area contributed by atoms with Gasteiger partial charge in [0.25, 0.3) is 0 Å². The number of nitrogens with one attached hydrogen (secondary N) is 1. The minimum atomic E-state index is -3.69. The average Bonchev–Trinajstić information content (AvgIpc) is 2.69. The van der Waals surface area contributed by atoms with Crippen LogP contribution in [0.1, 0.15) is 12.0 Å². The molecule has 0 aromatic heterocycles. The molecule has 1 N–H and O–H groups in total. The van der Waals surface area contributed by atoms with E-state index < -0.39 is 21.7 Å². The van der Waals surface area contributed by atoms with E-state index in [1.165, 1.54) is 12.1 Å². The van der Waals surface area contributed by atoms with Gasteiger partial charge in [0.2, 0.25) is 15.9 Å². The van der Waals surface area contributed by atoms with Crippen LogP contribution in [0.4, 0.5) is 10.1 Å². The molecule has 1 amide bonds. The minimum Gasteiger partial charge on any atom is -0.493 e. The molecule has 7 nitrogen and oxygen atoms in total. The first-order valence-corrected chi connectivity index (χ1v) is 10.8. The molecular formula is C20H25FN2O5S. The molecule has 0 saturated carbocycles. The van der Waals surface area contributed by atoms with Crippen molar-refractivity contribution in [2.75, 3.05) is 37.9 Å². The molecular weight excluding hydrogens is 399 g/mol. The molecule has 0 aliphatic carbocycles. The van der Waals surface area contributed by atoms with Crippen molar-refractivity contribution >= 4 is 21.6 Å². The van der Waals surface area contributed by atoms with Crippen LogP contribution >= 0.6 is 0 Å². The Balaban J connectivity index is 1.89. The highest BCUT2D eigenvalue weighted by Gasteiger charge is 2.20. The molecule has 0 heterocycles. The fraction of sp³-hybridized carbons (Fsp3) is 0.350. The Hall–Kier alpha value is -2.81. The predicted octanol–water partition coefficient (Wildman–Crippen LogP) is 2.36. The summed E-state index contributed by atoms with van der Waals surface area (Å²) in [5.41, 5.74) is 1.26. The van der Waals surface area contributed by atoms with Gasteiger partial charge in [-0.25, -0.2) is 12.8 Å². The van der Waals surface area contributed by atoms with E-state index in [4.69, 9.17) is 9.47 Å². The summed E-state index contributed by atoms with van der Waals surface area (Å²) in [6.07, 6.45) is 2.37.